The highest BCUT2D eigenvalue weighted by molar-refractivity contribution is 6.03. The molecule has 1 aliphatic carbocycles. The topological polar surface area (TPSA) is 98.5 Å². The van der Waals surface area contributed by atoms with E-state index in [1.165, 1.54) is 45.1 Å². The van der Waals surface area contributed by atoms with Crippen LogP contribution in [-0.4, -0.2) is 24.4 Å². The Kier molecular flexibility index (Phi) is 9.13. The summed E-state index contributed by atoms with van der Waals surface area (Å²) in [6.45, 7) is 14.1. The SMILES string of the molecule is CN1/C(=C/C=C/C2=CC(=C/C=C/C3=[N+](C)c4ccccc4C3(C)C)/CC(C)(C)C2)C(C)(C)c2ccccc21.[O-][Cl+3]([O-])([O-])[O-]. The molecule has 0 amide bonds. The number of hydrogen-bond donors (Lipinski definition) is 0. The first-order valence-electron chi connectivity index (χ1n) is 14.5. The summed E-state index contributed by atoms with van der Waals surface area (Å²) in [7, 11) is -0.577. The molecule has 0 aromatic heterocycles. The third-order valence-corrected chi connectivity index (χ3v) is 8.75. The van der Waals surface area contributed by atoms with Crippen molar-refractivity contribution in [1.82, 2.24) is 0 Å². The van der Waals surface area contributed by atoms with E-state index < -0.39 is 10.2 Å². The minimum Gasteiger partial charge on any atom is -0.347 e. The summed E-state index contributed by atoms with van der Waals surface area (Å²) >= 11 is 0. The maximum absolute atomic E-state index is 8.49. The highest BCUT2D eigenvalue weighted by atomic mass is 35.7. The molecule has 2 heterocycles. The lowest BCUT2D eigenvalue weighted by molar-refractivity contribution is -2.00. The summed E-state index contributed by atoms with van der Waals surface area (Å²) in [6.07, 6.45) is 18.3. The van der Waals surface area contributed by atoms with Gasteiger partial charge in [0.25, 0.3) is 0 Å². The second-order valence-electron chi connectivity index (χ2n) is 13.4. The highest BCUT2D eigenvalue weighted by Crippen LogP contribution is 2.47. The minimum absolute atomic E-state index is 0.00423. The Hall–Kier alpha value is -3.26. The summed E-state index contributed by atoms with van der Waals surface area (Å²) in [4.78, 5) is 2.34. The van der Waals surface area contributed by atoms with E-state index in [2.05, 4.69) is 156 Å². The van der Waals surface area contributed by atoms with Crippen molar-refractivity contribution in [3.05, 3.63) is 119 Å². The van der Waals surface area contributed by atoms with Crippen LogP contribution in [0.1, 0.15) is 65.5 Å². The van der Waals surface area contributed by atoms with E-state index in [0.717, 1.165) is 12.8 Å². The monoisotopic (exact) mass is 602 g/mol. The molecule has 6 nitrogen and oxygen atoms in total. The number of allylic oxidation sites excluding steroid dienone is 10. The normalized spacial score (nSPS) is 22.2. The molecule has 7 heteroatoms. The van der Waals surface area contributed by atoms with Crippen LogP contribution < -0.4 is 23.5 Å². The lowest BCUT2D eigenvalue weighted by atomic mass is 9.75. The van der Waals surface area contributed by atoms with Crippen LogP contribution in [-0.2, 0) is 10.8 Å². The molecule has 0 bridgehead atoms. The number of hydrogen-bond acceptors (Lipinski definition) is 5. The Labute approximate surface area is 258 Å². The lowest BCUT2D eigenvalue weighted by Gasteiger charge is -2.30. The number of fused-ring (bicyclic) bond motifs is 2. The van der Waals surface area contributed by atoms with Gasteiger partial charge in [0.15, 0.2) is 5.71 Å². The highest BCUT2D eigenvalue weighted by Gasteiger charge is 2.42. The van der Waals surface area contributed by atoms with E-state index in [1.807, 2.05) is 0 Å². The number of nitrogens with zero attached hydrogens (tertiary/aromatic N) is 2. The van der Waals surface area contributed by atoms with E-state index in [0.29, 0.717) is 0 Å². The largest absolute Gasteiger partial charge is 0.347 e. The zero-order chi connectivity index (χ0) is 31.8. The van der Waals surface area contributed by atoms with Crippen molar-refractivity contribution in [1.29, 1.82) is 0 Å². The van der Waals surface area contributed by atoms with Crippen molar-refractivity contribution in [2.75, 3.05) is 19.0 Å². The molecule has 5 rings (SSSR count). The number of anilines is 1. The second-order valence-corrected chi connectivity index (χ2v) is 14.2. The Morgan fingerprint density at radius 1 is 0.767 bits per heavy atom. The van der Waals surface area contributed by atoms with Gasteiger partial charge in [-0.15, -0.1) is 10.2 Å². The molecule has 3 aliphatic rings. The summed E-state index contributed by atoms with van der Waals surface area (Å²) in [5.74, 6) is 0. The third kappa shape index (κ3) is 7.28. The molecule has 0 radical (unpaired) electrons. The standard InChI is InChI=1S/C36H43N2.ClHO4/c1-34(2)24-26(15-13-21-32-35(3,4)28-17-9-11-19-30(28)37(32)7)23-27(25-34)16-14-22-33-36(5,6)29-18-10-12-20-31(29)38(33)8;2-1(3,4)5/h9-23H,24-25H2,1-8H3;(H,2,3,4,5)/q+1;/p-1. The quantitative estimate of drug-likeness (QED) is 0.492. The molecular formula is C36H43ClN2O4. The van der Waals surface area contributed by atoms with E-state index in [1.54, 1.807) is 0 Å². The summed E-state index contributed by atoms with van der Waals surface area (Å²) in [5.41, 5.74) is 11.1. The summed E-state index contributed by atoms with van der Waals surface area (Å²) < 4.78 is 36.3. The maximum atomic E-state index is 8.49. The van der Waals surface area contributed by atoms with Crippen LogP contribution in [0.25, 0.3) is 0 Å². The van der Waals surface area contributed by atoms with Gasteiger partial charge in [0.1, 0.15) is 7.05 Å². The molecule has 228 valence electrons. The molecule has 0 saturated carbocycles. The smallest absolute Gasteiger partial charge is 0.209 e. The number of halogens is 1. The van der Waals surface area contributed by atoms with Gasteiger partial charge in [-0.05, 0) is 61.0 Å². The van der Waals surface area contributed by atoms with Gasteiger partial charge >= 0.3 is 0 Å². The summed E-state index contributed by atoms with van der Waals surface area (Å²) in [6, 6.07) is 17.5. The Bertz CT molecular complexity index is 1560. The number of benzene rings is 2. The zero-order valence-corrected chi connectivity index (χ0v) is 27.2. The van der Waals surface area contributed by atoms with Gasteiger partial charge in [-0.2, -0.15) is 4.58 Å². The van der Waals surface area contributed by atoms with Gasteiger partial charge in [-0.25, -0.2) is 18.6 Å². The fraction of sp³-hybridized carbons (Fsp3) is 0.361. The maximum Gasteiger partial charge on any atom is 0.209 e. The van der Waals surface area contributed by atoms with Crippen molar-refractivity contribution in [3.8, 4) is 0 Å². The molecule has 0 fully saturated rings. The molecule has 2 aliphatic heterocycles. The molecule has 2 aromatic rings. The number of rotatable bonds is 4. The van der Waals surface area contributed by atoms with Crippen molar-refractivity contribution in [3.63, 3.8) is 0 Å². The molecule has 0 saturated heterocycles. The molecule has 0 N–H and O–H groups in total. The Morgan fingerprint density at radius 2 is 1.35 bits per heavy atom. The molecule has 43 heavy (non-hydrogen) atoms. The van der Waals surface area contributed by atoms with Crippen LogP contribution in [0.15, 0.2) is 108 Å². The summed E-state index contributed by atoms with van der Waals surface area (Å²) in [5, 5.41) is 0. The van der Waals surface area contributed by atoms with Gasteiger partial charge in [0.2, 0.25) is 5.69 Å². The second kappa shape index (κ2) is 12.0. The van der Waals surface area contributed by atoms with Crippen LogP contribution in [0.4, 0.5) is 11.4 Å². The van der Waals surface area contributed by atoms with Crippen LogP contribution in [0.2, 0.25) is 0 Å². The molecule has 0 atom stereocenters. The van der Waals surface area contributed by atoms with Crippen LogP contribution >= 0.6 is 0 Å². The first-order valence-corrected chi connectivity index (χ1v) is 15.8. The van der Waals surface area contributed by atoms with Gasteiger partial charge < -0.3 is 4.90 Å². The first-order chi connectivity index (χ1) is 19.9. The van der Waals surface area contributed by atoms with E-state index in [4.69, 9.17) is 18.6 Å². The molecule has 2 aromatic carbocycles. The number of para-hydroxylation sites is 2. The lowest BCUT2D eigenvalue weighted by Crippen LogP contribution is -2.68. The first kappa shape index (κ1) is 32.6. The van der Waals surface area contributed by atoms with Crippen LogP contribution in [0, 0.1) is 15.7 Å². The van der Waals surface area contributed by atoms with Gasteiger partial charge in [-0.3, -0.25) is 0 Å². The van der Waals surface area contributed by atoms with Gasteiger partial charge in [0.05, 0.1) is 5.41 Å². The average molecular weight is 603 g/mol. The molecule has 0 spiro atoms. The fourth-order valence-electron chi connectivity index (χ4n) is 6.85. The minimum atomic E-state index is -4.94. The van der Waals surface area contributed by atoms with Crippen LogP contribution in [0.5, 0.6) is 0 Å². The van der Waals surface area contributed by atoms with Gasteiger partial charge in [0, 0.05) is 41.6 Å². The molecular weight excluding hydrogens is 560 g/mol. The van der Waals surface area contributed by atoms with Crippen molar-refractivity contribution in [2.24, 2.45) is 5.41 Å². The fourth-order valence-corrected chi connectivity index (χ4v) is 6.85. The molecule has 0 unspecified atom stereocenters. The Balaban J connectivity index is 0.000000782. The third-order valence-electron chi connectivity index (χ3n) is 8.75. The van der Waals surface area contributed by atoms with E-state index >= 15 is 0 Å². The predicted molar refractivity (Wildman–Crippen MR) is 164 cm³/mol. The van der Waals surface area contributed by atoms with Crippen LogP contribution in [0.3, 0.4) is 0 Å². The van der Waals surface area contributed by atoms with E-state index in [-0.39, 0.29) is 16.2 Å². The van der Waals surface area contributed by atoms with E-state index in [9.17, 15) is 0 Å². The van der Waals surface area contributed by atoms with Crippen molar-refractivity contribution < 1.29 is 33.5 Å². The number of likely N-dealkylation sites (N-methyl/N-ethyl adjacent to an activating group) is 1. The Morgan fingerprint density at radius 3 is 1.98 bits per heavy atom. The zero-order valence-electron chi connectivity index (χ0n) is 26.5. The van der Waals surface area contributed by atoms with Crippen molar-refractivity contribution >= 4 is 17.1 Å². The van der Waals surface area contributed by atoms with Gasteiger partial charge in [-0.1, -0.05) is 94.5 Å². The van der Waals surface area contributed by atoms with Crippen molar-refractivity contribution in [2.45, 2.75) is 65.2 Å². The predicted octanol–water partition coefficient (Wildman–Crippen LogP) is 4.03. The average Bonchev–Trinajstić information content (AvgIpc) is 3.21.